The van der Waals surface area contributed by atoms with E-state index in [0.29, 0.717) is 42.9 Å². The van der Waals surface area contributed by atoms with Crippen molar-refractivity contribution < 1.29 is 9.59 Å². The molecule has 0 aliphatic carbocycles. The summed E-state index contributed by atoms with van der Waals surface area (Å²) in [7, 11) is 0. The second-order valence-corrected chi connectivity index (χ2v) is 6.50. The SMILES string of the molecule is Cc1cccc(C(=O)N2CCCN(C(=O)c3cccc(C#N)c3)CC2)c1. The molecule has 0 unspecified atom stereocenters. The maximum Gasteiger partial charge on any atom is 0.253 e. The highest BCUT2D eigenvalue weighted by atomic mass is 16.2. The first-order chi connectivity index (χ1) is 12.6. The minimum absolute atomic E-state index is 0.00877. The zero-order chi connectivity index (χ0) is 18.5. The zero-order valence-electron chi connectivity index (χ0n) is 14.8. The number of nitriles is 1. The van der Waals surface area contributed by atoms with Crippen molar-refractivity contribution >= 4 is 11.8 Å². The van der Waals surface area contributed by atoms with Crippen LogP contribution in [-0.2, 0) is 0 Å². The Balaban J connectivity index is 1.69. The van der Waals surface area contributed by atoms with E-state index in [0.717, 1.165) is 12.0 Å². The fourth-order valence-electron chi connectivity index (χ4n) is 3.19. The van der Waals surface area contributed by atoms with Gasteiger partial charge in [-0.3, -0.25) is 9.59 Å². The van der Waals surface area contributed by atoms with Gasteiger partial charge in [0.15, 0.2) is 0 Å². The third-order valence-electron chi connectivity index (χ3n) is 4.57. The molecule has 3 rings (SSSR count). The molecule has 1 heterocycles. The molecule has 0 bridgehead atoms. The average Bonchev–Trinajstić information content (AvgIpc) is 2.93. The third kappa shape index (κ3) is 3.92. The van der Waals surface area contributed by atoms with Crippen molar-refractivity contribution in [1.29, 1.82) is 5.26 Å². The summed E-state index contributed by atoms with van der Waals surface area (Å²) in [5.41, 5.74) is 2.73. The number of hydrogen-bond acceptors (Lipinski definition) is 3. The molecule has 1 fully saturated rings. The highest BCUT2D eigenvalue weighted by Crippen LogP contribution is 2.14. The summed E-state index contributed by atoms with van der Waals surface area (Å²) >= 11 is 0. The van der Waals surface area contributed by atoms with Crippen LogP contribution in [0.5, 0.6) is 0 Å². The molecule has 5 nitrogen and oxygen atoms in total. The van der Waals surface area contributed by atoms with Crippen LogP contribution in [0.2, 0.25) is 0 Å². The highest BCUT2D eigenvalue weighted by Gasteiger charge is 2.23. The molecule has 5 heteroatoms. The Morgan fingerprint density at radius 3 is 2.04 bits per heavy atom. The Kier molecular flexibility index (Phi) is 5.33. The van der Waals surface area contributed by atoms with E-state index in [2.05, 4.69) is 6.07 Å². The molecule has 2 aromatic carbocycles. The maximum absolute atomic E-state index is 12.7. The van der Waals surface area contributed by atoms with E-state index in [9.17, 15) is 9.59 Å². The first-order valence-corrected chi connectivity index (χ1v) is 8.74. The first kappa shape index (κ1) is 17.7. The van der Waals surface area contributed by atoms with Gasteiger partial charge in [0.2, 0.25) is 0 Å². The molecule has 0 radical (unpaired) electrons. The van der Waals surface area contributed by atoms with Gasteiger partial charge in [0.05, 0.1) is 11.6 Å². The summed E-state index contributed by atoms with van der Waals surface area (Å²) in [6, 6.07) is 16.4. The van der Waals surface area contributed by atoms with Crippen LogP contribution in [0.4, 0.5) is 0 Å². The number of carbonyl (C=O) groups is 2. The number of carbonyl (C=O) groups excluding carboxylic acids is 2. The molecule has 0 N–H and O–H groups in total. The number of hydrogen-bond donors (Lipinski definition) is 0. The lowest BCUT2D eigenvalue weighted by molar-refractivity contribution is 0.0718. The molecular formula is C21H21N3O2. The lowest BCUT2D eigenvalue weighted by Crippen LogP contribution is -2.37. The third-order valence-corrected chi connectivity index (χ3v) is 4.57. The van der Waals surface area contributed by atoms with E-state index in [-0.39, 0.29) is 11.8 Å². The van der Waals surface area contributed by atoms with Gasteiger partial charge in [-0.05, 0) is 43.7 Å². The molecule has 1 aliphatic heterocycles. The van der Waals surface area contributed by atoms with E-state index < -0.39 is 0 Å². The minimum atomic E-state index is -0.0908. The number of nitrogens with zero attached hydrogens (tertiary/aromatic N) is 3. The Hall–Kier alpha value is -3.13. The topological polar surface area (TPSA) is 64.4 Å². The average molecular weight is 347 g/mol. The van der Waals surface area contributed by atoms with E-state index >= 15 is 0 Å². The number of benzene rings is 2. The molecule has 1 saturated heterocycles. The van der Waals surface area contributed by atoms with Gasteiger partial charge < -0.3 is 9.80 Å². The fraction of sp³-hybridized carbons (Fsp3) is 0.286. The Morgan fingerprint density at radius 2 is 1.46 bits per heavy atom. The molecule has 132 valence electrons. The van der Waals surface area contributed by atoms with Gasteiger partial charge in [0.25, 0.3) is 11.8 Å². The molecule has 0 atom stereocenters. The summed E-state index contributed by atoms with van der Waals surface area (Å²) < 4.78 is 0. The summed E-state index contributed by atoms with van der Waals surface area (Å²) in [5, 5.41) is 9.00. The lowest BCUT2D eigenvalue weighted by atomic mass is 10.1. The standard InChI is InChI=1S/C21H21N3O2/c1-16-5-2-7-18(13-16)20(25)23-9-4-10-24(12-11-23)21(26)19-8-3-6-17(14-19)15-22/h2-3,5-8,13-14H,4,9-12H2,1H3. The van der Waals surface area contributed by atoms with E-state index in [1.807, 2.05) is 36.1 Å². The summed E-state index contributed by atoms with van der Waals surface area (Å²) in [6.07, 6.45) is 0.737. The van der Waals surface area contributed by atoms with Gasteiger partial charge in [-0.2, -0.15) is 5.26 Å². The zero-order valence-corrected chi connectivity index (χ0v) is 14.8. The van der Waals surface area contributed by atoms with Crippen LogP contribution in [0.1, 0.15) is 38.3 Å². The van der Waals surface area contributed by atoms with Crippen molar-refractivity contribution in [1.82, 2.24) is 9.80 Å². The predicted molar refractivity (Wildman–Crippen MR) is 98.8 cm³/mol. The Labute approximate surface area is 153 Å². The van der Waals surface area contributed by atoms with E-state index in [1.165, 1.54) is 0 Å². The maximum atomic E-state index is 12.7. The van der Waals surface area contributed by atoms with Gasteiger partial charge in [0.1, 0.15) is 0 Å². The van der Waals surface area contributed by atoms with Crippen LogP contribution < -0.4 is 0 Å². The van der Waals surface area contributed by atoms with Crippen molar-refractivity contribution in [3.05, 3.63) is 70.8 Å². The molecule has 0 spiro atoms. The quantitative estimate of drug-likeness (QED) is 0.839. The minimum Gasteiger partial charge on any atom is -0.337 e. The molecule has 0 aromatic heterocycles. The number of rotatable bonds is 2. The molecule has 26 heavy (non-hydrogen) atoms. The van der Waals surface area contributed by atoms with Crippen molar-refractivity contribution in [2.75, 3.05) is 26.2 Å². The van der Waals surface area contributed by atoms with Crippen molar-refractivity contribution in [2.24, 2.45) is 0 Å². The molecule has 1 aliphatic rings. The molecule has 2 aromatic rings. The number of aryl methyl sites for hydroxylation is 1. The summed E-state index contributed by atoms with van der Waals surface area (Å²) in [5.74, 6) is -0.0820. The van der Waals surface area contributed by atoms with Crippen molar-refractivity contribution in [3.63, 3.8) is 0 Å². The van der Waals surface area contributed by atoms with Gasteiger partial charge in [-0.15, -0.1) is 0 Å². The smallest absolute Gasteiger partial charge is 0.253 e. The van der Waals surface area contributed by atoms with Crippen LogP contribution in [0.3, 0.4) is 0 Å². The van der Waals surface area contributed by atoms with Gasteiger partial charge in [-0.1, -0.05) is 23.8 Å². The second-order valence-electron chi connectivity index (χ2n) is 6.50. The van der Waals surface area contributed by atoms with Crippen LogP contribution in [0, 0.1) is 18.3 Å². The summed E-state index contributed by atoms with van der Waals surface area (Å²) in [6.45, 7) is 4.21. The monoisotopic (exact) mass is 347 g/mol. The normalized spacial score (nSPS) is 14.5. The van der Waals surface area contributed by atoms with Crippen LogP contribution in [0.25, 0.3) is 0 Å². The fourth-order valence-corrected chi connectivity index (χ4v) is 3.19. The predicted octanol–water partition coefficient (Wildman–Crippen LogP) is 2.86. The van der Waals surface area contributed by atoms with Gasteiger partial charge >= 0.3 is 0 Å². The Morgan fingerprint density at radius 1 is 0.885 bits per heavy atom. The highest BCUT2D eigenvalue weighted by molar-refractivity contribution is 5.95. The van der Waals surface area contributed by atoms with Crippen LogP contribution in [-0.4, -0.2) is 47.8 Å². The Bertz CT molecular complexity index is 870. The second kappa shape index (κ2) is 7.83. The first-order valence-electron chi connectivity index (χ1n) is 8.74. The van der Waals surface area contributed by atoms with E-state index in [4.69, 9.17) is 5.26 Å². The van der Waals surface area contributed by atoms with Crippen molar-refractivity contribution in [2.45, 2.75) is 13.3 Å². The van der Waals surface area contributed by atoms with E-state index in [1.54, 1.807) is 29.2 Å². The molecular weight excluding hydrogens is 326 g/mol. The van der Waals surface area contributed by atoms with Gasteiger partial charge in [-0.25, -0.2) is 0 Å². The molecule has 0 saturated carbocycles. The van der Waals surface area contributed by atoms with Crippen LogP contribution >= 0.6 is 0 Å². The lowest BCUT2D eigenvalue weighted by Gasteiger charge is -2.22. The van der Waals surface area contributed by atoms with Crippen LogP contribution in [0.15, 0.2) is 48.5 Å². The van der Waals surface area contributed by atoms with Gasteiger partial charge in [0, 0.05) is 37.3 Å². The summed E-state index contributed by atoms with van der Waals surface area (Å²) in [4.78, 5) is 29.0. The number of amides is 2. The molecule has 2 amide bonds. The largest absolute Gasteiger partial charge is 0.337 e. The van der Waals surface area contributed by atoms with Crippen molar-refractivity contribution in [3.8, 4) is 6.07 Å².